The van der Waals surface area contributed by atoms with Crippen molar-refractivity contribution in [2.45, 2.75) is 19.4 Å². The second-order valence-electron chi connectivity index (χ2n) is 8.95. The fraction of sp³-hybridized carbons (Fsp3) is 0.385. The third-order valence-corrected chi connectivity index (χ3v) is 6.85. The number of nitrogens with zero attached hydrogens (tertiary/aromatic N) is 3. The quantitative estimate of drug-likeness (QED) is 0.652. The van der Waals surface area contributed by atoms with E-state index in [1.807, 2.05) is 11.0 Å². The molecule has 2 saturated heterocycles. The third kappa shape index (κ3) is 4.21. The average Bonchev–Trinajstić information content (AvgIpc) is 3.13. The highest BCUT2D eigenvalue weighted by Crippen LogP contribution is 2.25. The lowest BCUT2D eigenvalue weighted by Crippen LogP contribution is -2.47. The predicted molar refractivity (Wildman–Crippen MR) is 123 cm³/mol. The van der Waals surface area contributed by atoms with Gasteiger partial charge in [-0.2, -0.15) is 0 Å². The van der Waals surface area contributed by atoms with Crippen LogP contribution in [0.3, 0.4) is 0 Å². The summed E-state index contributed by atoms with van der Waals surface area (Å²) in [5.41, 5.74) is 2.06. The summed E-state index contributed by atoms with van der Waals surface area (Å²) in [7, 11) is 0. The van der Waals surface area contributed by atoms with Crippen molar-refractivity contribution in [1.82, 2.24) is 14.7 Å². The summed E-state index contributed by atoms with van der Waals surface area (Å²) in [6.45, 7) is 3.62. The first-order valence-electron chi connectivity index (χ1n) is 11.7. The van der Waals surface area contributed by atoms with E-state index in [4.69, 9.17) is 4.74 Å². The summed E-state index contributed by atoms with van der Waals surface area (Å²) >= 11 is 0. The van der Waals surface area contributed by atoms with Crippen LogP contribution in [0.1, 0.15) is 49.5 Å². The van der Waals surface area contributed by atoms with Crippen molar-refractivity contribution in [3.8, 4) is 0 Å². The van der Waals surface area contributed by atoms with Gasteiger partial charge in [-0.25, -0.2) is 0 Å². The fourth-order valence-electron chi connectivity index (χ4n) is 4.92. The second-order valence-corrected chi connectivity index (χ2v) is 8.95. The average molecular weight is 462 g/mol. The number of morpholine rings is 1. The van der Waals surface area contributed by atoms with Crippen molar-refractivity contribution >= 4 is 23.6 Å². The summed E-state index contributed by atoms with van der Waals surface area (Å²) in [6.07, 6.45) is 1.30. The van der Waals surface area contributed by atoms with Crippen molar-refractivity contribution in [1.29, 1.82) is 0 Å². The summed E-state index contributed by atoms with van der Waals surface area (Å²) in [6, 6.07) is 13.9. The van der Waals surface area contributed by atoms with Crippen LogP contribution in [0.5, 0.6) is 0 Å². The molecule has 4 amide bonds. The lowest BCUT2D eigenvalue weighted by molar-refractivity contribution is -0.141. The molecule has 2 aromatic carbocycles. The lowest BCUT2D eigenvalue weighted by Gasteiger charge is -2.35. The van der Waals surface area contributed by atoms with Gasteiger partial charge in [0.1, 0.15) is 0 Å². The van der Waals surface area contributed by atoms with Crippen LogP contribution in [0.2, 0.25) is 0 Å². The standard InChI is InChI=1S/C26H27N3O5/c30-23(28-12-14-34-15-13-28)19-8-10-27(11-9-19)24(31)20-5-3-4-18(16-20)17-29-25(32)21-6-1-2-7-22(21)26(29)33/h1-7,16,19H,8-15,17H2. The number of benzene rings is 2. The molecule has 0 aromatic heterocycles. The van der Waals surface area contributed by atoms with Crippen LogP contribution in [0, 0.1) is 5.92 Å². The predicted octanol–water partition coefficient (Wildman–Crippen LogP) is 2.19. The van der Waals surface area contributed by atoms with Gasteiger partial charge >= 0.3 is 0 Å². The van der Waals surface area contributed by atoms with E-state index >= 15 is 0 Å². The molecule has 0 atom stereocenters. The number of ether oxygens (including phenoxy) is 1. The Kier molecular flexibility index (Phi) is 6.15. The highest BCUT2D eigenvalue weighted by molar-refractivity contribution is 6.21. The normalized spacial score (nSPS) is 18.9. The molecule has 2 aromatic rings. The Bertz CT molecular complexity index is 1100. The molecule has 0 N–H and O–H groups in total. The molecule has 34 heavy (non-hydrogen) atoms. The van der Waals surface area contributed by atoms with Crippen molar-refractivity contribution in [2.75, 3.05) is 39.4 Å². The van der Waals surface area contributed by atoms with Gasteiger partial charge in [0.25, 0.3) is 17.7 Å². The molecule has 0 bridgehead atoms. The molecule has 0 radical (unpaired) electrons. The van der Waals surface area contributed by atoms with Crippen LogP contribution in [0.25, 0.3) is 0 Å². The molecule has 3 aliphatic rings. The van der Waals surface area contributed by atoms with Gasteiger partial charge in [-0.3, -0.25) is 24.1 Å². The molecule has 8 nitrogen and oxygen atoms in total. The SMILES string of the molecule is O=C(c1cccc(CN2C(=O)c3ccccc3C2=O)c1)N1CCC(C(=O)N2CCOCC2)CC1. The molecule has 0 saturated carbocycles. The highest BCUT2D eigenvalue weighted by Gasteiger charge is 2.35. The molecule has 8 heteroatoms. The summed E-state index contributed by atoms with van der Waals surface area (Å²) in [4.78, 5) is 56.1. The number of imide groups is 1. The van der Waals surface area contributed by atoms with E-state index in [1.165, 1.54) is 4.90 Å². The Labute approximate surface area is 198 Å². The van der Waals surface area contributed by atoms with Gasteiger partial charge in [0.05, 0.1) is 30.9 Å². The van der Waals surface area contributed by atoms with Gasteiger partial charge in [0, 0.05) is 37.7 Å². The number of hydrogen-bond donors (Lipinski definition) is 0. The largest absolute Gasteiger partial charge is 0.378 e. The Balaban J connectivity index is 1.21. The number of piperidine rings is 1. The lowest BCUT2D eigenvalue weighted by atomic mass is 9.94. The maximum Gasteiger partial charge on any atom is 0.261 e. The first-order chi connectivity index (χ1) is 16.5. The molecular weight excluding hydrogens is 434 g/mol. The van der Waals surface area contributed by atoms with Crippen LogP contribution in [0.15, 0.2) is 48.5 Å². The first-order valence-corrected chi connectivity index (χ1v) is 11.7. The van der Waals surface area contributed by atoms with Crippen LogP contribution < -0.4 is 0 Å². The Morgan fingerprint density at radius 2 is 1.47 bits per heavy atom. The topological polar surface area (TPSA) is 87.2 Å². The number of hydrogen-bond acceptors (Lipinski definition) is 5. The van der Waals surface area contributed by atoms with Crippen molar-refractivity contribution < 1.29 is 23.9 Å². The van der Waals surface area contributed by atoms with Gasteiger partial charge in [-0.15, -0.1) is 0 Å². The summed E-state index contributed by atoms with van der Waals surface area (Å²) in [5, 5.41) is 0. The fourth-order valence-corrected chi connectivity index (χ4v) is 4.92. The van der Waals surface area contributed by atoms with E-state index in [9.17, 15) is 19.2 Å². The summed E-state index contributed by atoms with van der Waals surface area (Å²) < 4.78 is 5.33. The zero-order chi connectivity index (χ0) is 23.7. The zero-order valence-electron chi connectivity index (χ0n) is 18.9. The maximum atomic E-state index is 13.1. The Morgan fingerprint density at radius 1 is 0.824 bits per heavy atom. The number of carbonyl (C=O) groups is 4. The molecule has 176 valence electrons. The van der Waals surface area contributed by atoms with Gasteiger partial charge in [-0.05, 0) is 42.7 Å². The zero-order valence-corrected chi connectivity index (χ0v) is 18.9. The van der Waals surface area contributed by atoms with Crippen molar-refractivity contribution in [3.63, 3.8) is 0 Å². The van der Waals surface area contributed by atoms with E-state index in [2.05, 4.69) is 0 Å². The molecule has 3 aliphatic heterocycles. The van der Waals surface area contributed by atoms with E-state index in [-0.39, 0.29) is 36.1 Å². The molecule has 0 aliphatic carbocycles. The molecule has 0 unspecified atom stereocenters. The monoisotopic (exact) mass is 461 g/mol. The Hall–Kier alpha value is -3.52. The third-order valence-electron chi connectivity index (χ3n) is 6.85. The van der Waals surface area contributed by atoms with E-state index < -0.39 is 0 Å². The van der Waals surface area contributed by atoms with Crippen LogP contribution in [0.4, 0.5) is 0 Å². The first kappa shape index (κ1) is 22.3. The highest BCUT2D eigenvalue weighted by atomic mass is 16.5. The van der Waals surface area contributed by atoms with Crippen molar-refractivity contribution in [3.05, 3.63) is 70.8 Å². The van der Waals surface area contributed by atoms with Gasteiger partial charge < -0.3 is 14.5 Å². The van der Waals surface area contributed by atoms with Gasteiger partial charge in [0.15, 0.2) is 0 Å². The number of rotatable bonds is 4. The number of amides is 4. The number of fused-ring (bicyclic) bond motifs is 1. The molecule has 0 spiro atoms. The van der Waals surface area contributed by atoms with Crippen LogP contribution in [-0.4, -0.2) is 77.7 Å². The molecule has 5 rings (SSSR count). The Morgan fingerprint density at radius 3 is 2.12 bits per heavy atom. The van der Waals surface area contributed by atoms with E-state index in [0.29, 0.717) is 68.9 Å². The maximum absolute atomic E-state index is 13.1. The minimum atomic E-state index is -0.315. The number of carbonyl (C=O) groups excluding carboxylic acids is 4. The van der Waals surface area contributed by atoms with Crippen LogP contribution >= 0.6 is 0 Å². The summed E-state index contributed by atoms with van der Waals surface area (Å²) in [5.74, 6) is -0.615. The molecular formula is C26H27N3O5. The van der Waals surface area contributed by atoms with E-state index in [1.54, 1.807) is 47.4 Å². The van der Waals surface area contributed by atoms with Crippen LogP contribution in [-0.2, 0) is 16.1 Å². The van der Waals surface area contributed by atoms with E-state index in [0.717, 1.165) is 5.56 Å². The minimum absolute atomic E-state index is 0.0534. The minimum Gasteiger partial charge on any atom is -0.378 e. The smallest absolute Gasteiger partial charge is 0.261 e. The second kappa shape index (κ2) is 9.38. The molecule has 3 heterocycles. The van der Waals surface area contributed by atoms with Crippen molar-refractivity contribution in [2.24, 2.45) is 5.92 Å². The number of likely N-dealkylation sites (tertiary alicyclic amines) is 1. The molecule has 2 fully saturated rings. The van der Waals surface area contributed by atoms with Gasteiger partial charge in [0.2, 0.25) is 5.91 Å². The van der Waals surface area contributed by atoms with Gasteiger partial charge in [-0.1, -0.05) is 24.3 Å².